The number of nitriles is 4. The third-order valence-corrected chi connectivity index (χ3v) is 21.9. The third kappa shape index (κ3) is 8.41. The molecular weight excluding hydrogens is 1240 g/mol. The Hall–Kier alpha value is -13.5. The van der Waals surface area contributed by atoms with E-state index in [0.29, 0.717) is 22.3 Å². The van der Waals surface area contributed by atoms with Gasteiger partial charge in [0.1, 0.15) is 24.3 Å². The maximum absolute atomic E-state index is 10.6. The molecule has 100 heavy (non-hydrogen) atoms. The number of para-hydroxylation sites is 6. The van der Waals surface area contributed by atoms with Gasteiger partial charge in [-0.05, 0) is 154 Å². The molecule has 1 aliphatic rings. The van der Waals surface area contributed by atoms with Gasteiger partial charge in [-0.2, -0.15) is 21.0 Å². The van der Waals surface area contributed by atoms with Gasteiger partial charge in [0, 0.05) is 68.7 Å². The first-order chi connectivity index (χ1) is 49.2. The van der Waals surface area contributed by atoms with Crippen LogP contribution in [0.25, 0.3) is 164 Å². The minimum atomic E-state index is -0.174. The van der Waals surface area contributed by atoms with Gasteiger partial charge in [0.15, 0.2) is 0 Å². The molecule has 0 unspecified atom stereocenters. The van der Waals surface area contributed by atoms with Crippen molar-refractivity contribution in [3.8, 4) is 80.4 Å². The van der Waals surface area contributed by atoms with Crippen LogP contribution in [0.3, 0.4) is 0 Å². The van der Waals surface area contributed by atoms with Crippen LogP contribution in [-0.2, 0) is 5.41 Å². The van der Waals surface area contributed by atoms with E-state index < -0.39 is 0 Å². The summed E-state index contributed by atoms with van der Waals surface area (Å²) in [5, 5.41) is 54.0. The fourth-order valence-corrected chi connectivity index (χ4v) is 17.6. The maximum Gasteiger partial charge on any atom is 0.101 e. The van der Waals surface area contributed by atoms with Crippen LogP contribution in [-0.4, -0.2) is 18.3 Å². The van der Waals surface area contributed by atoms with E-state index in [1.807, 2.05) is 90.2 Å². The fourth-order valence-electron chi connectivity index (χ4n) is 16.5. The van der Waals surface area contributed by atoms with Crippen LogP contribution in [0.4, 0.5) is 0 Å². The van der Waals surface area contributed by atoms with E-state index in [4.69, 9.17) is 0 Å². The maximum atomic E-state index is 10.6. The molecule has 9 heteroatoms. The number of aromatic nitrogens is 4. The van der Waals surface area contributed by atoms with Crippen LogP contribution in [0.15, 0.2) is 291 Å². The lowest BCUT2D eigenvalue weighted by Crippen LogP contribution is -2.15. The van der Waals surface area contributed by atoms with E-state index in [1.54, 1.807) is 0 Å². The van der Waals surface area contributed by atoms with Gasteiger partial charge in [-0.3, -0.25) is 0 Å². The van der Waals surface area contributed by atoms with Crippen molar-refractivity contribution in [1.29, 1.82) is 21.0 Å². The molecular formula is C91H54N8S. The summed E-state index contributed by atoms with van der Waals surface area (Å²) < 4.78 is 11.3. The summed E-state index contributed by atoms with van der Waals surface area (Å²) >= 11 is 1.82. The van der Waals surface area contributed by atoms with Gasteiger partial charge in [-0.25, -0.2) is 0 Å². The molecule has 0 aliphatic heterocycles. The number of hydrogen-bond donors (Lipinski definition) is 0. The van der Waals surface area contributed by atoms with Crippen molar-refractivity contribution >= 4 is 119 Å². The van der Waals surface area contributed by atoms with E-state index in [-0.39, 0.29) is 5.41 Å². The molecule has 0 saturated carbocycles. The highest BCUT2D eigenvalue weighted by molar-refractivity contribution is 7.26. The lowest BCUT2D eigenvalue weighted by molar-refractivity contribution is 0.666. The molecule has 5 aromatic heterocycles. The minimum Gasteiger partial charge on any atom is -0.308 e. The lowest BCUT2D eigenvalue weighted by atomic mass is 9.80. The Bertz CT molecular complexity index is 6840. The van der Waals surface area contributed by atoms with Crippen molar-refractivity contribution in [2.45, 2.75) is 19.3 Å². The summed E-state index contributed by atoms with van der Waals surface area (Å²) in [6.45, 7) is 4.64. The zero-order chi connectivity index (χ0) is 67.1. The van der Waals surface area contributed by atoms with Crippen molar-refractivity contribution in [3.05, 3.63) is 325 Å². The van der Waals surface area contributed by atoms with Crippen LogP contribution in [0, 0.1) is 45.3 Å². The highest BCUT2D eigenvalue weighted by atomic mass is 32.1. The molecule has 0 spiro atoms. The first-order valence-electron chi connectivity index (χ1n) is 33.4. The van der Waals surface area contributed by atoms with E-state index in [9.17, 15) is 21.0 Å². The summed E-state index contributed by atoms with van der Waals surface area (Å²) in [7, 11) is 0. The van der Waals surface area contributed by atoms with E-state index >= 15 is 0 Å². The average Bonchev–Trinajstić information content (AvgIpc) is 1.54. The highest BCUT2D eigenvalue weighted by Gasteiger charge is 2.38. The summed E-state index contributed by atoms with van der Waals surface area (Å²) in [6.07, 6.45) is 0. The van der Waals surface area contributed by atoms with E-state index in [1.165, 1.54) is 64.0 Å². The summed E-state index contributed by atoms with van der Waals surface area (Å²) in [6, 6.07) is 111. The number of benzene rings is 14. The minimum absolute atomic E-state index is 0.174. The zero-order valence-electron chi connectivity index (χ0n) is 54.2. The quantitative estimate of drug-likeness (QED) is 0.165. The average molecular weight is 1290 g/mol. The number of fused-ring (bicyclic) bond motifs is 20. The summed E-state index contributed by atoms with van der Waals surface area (Å²) in [4.78, 5) is 0. The van der Waals surface area contributed by atoms with Gasteiger partial charge >= 0.3 is 0 Å². The van der Waals surface area contributed by atoms with E-state index in [2.05, 4.69) is 269 Å². The van der Waals surface area contributed by atoms with Gasteiger partial charge in [0.25, 0.3) is 0 Å². The van der Waals surface area contributed by atoms with Gasteiger partial charge in [0.2, 0.25) is 0 Å². The molecule has 14 aromatic carbocycles. The smallest absolute Gasteiger partial charge is 0.101 e. The Kier molecular flexibility index (Phi) is 12.9. The Labute approximate surface area is 578 Å². The Balaban J connectivity index is 0.000000139. The van der Waals surface area contributed by atoms with E-state index in [0.717, 1.165) is 111 Å². The molecule has 0 N–H and O–H groups in total. The lowest BCUT2D eigenvalue weighted by Gasteiger charge is -2.22. The van der Waals surface area contributed by atoms with Gasteiger partial charge in [-0.15, -0.1) is 11.3 Å². The van der Waals surface area contributed by atoms with Gasteiger partial charge < -0.3 is 18.3 Å². The monoisotopic (exact) mass is 1290 g/mol. The van der Waals surface area contributed by atoms with Crippen LogP contribution < -0.4 is 0 Å². The second-order valence-electron chi connectivity index (χ2n) is 26.3. The predicted octanol–water partition coefficient (Wildman–Crippen LogP) is 23.3. The molecule has 0 saturated heterocycles. The molecule has 0 fully saturated rings. The SMILES string of the molecule is CC1(C)c2ccccc2-c2ccc3c(c21)c1ccccc1n3-c1ccc(-c2ccc(-n3c4ccccc4c4ccccc43)c(C#N)c2)cc1C#N.N#Cc1cc(-c2ccc(-n3c4ccccc4c4c5c(ccc43)sc3ccccc35)c(C#N)c2)ccc1-n1c2ccccc2c2ccccc21. The molecule has 5 heterocycles. The standard InChI is InChI=1S/C47H30N4.C44H24N4S/c1-47(2)38-15-7-3-11-33(38)36-21-24-44-45(46(36)47)37-14-6-10-18-43(37)51(44)40-23-20-30(26-32(40)28-49)29-19-22-39(31(25-29)27-48)50-41-16-8-4-12-34(41)35-13-5-9-17-42(35)50;45-25-29-23-27(17-19-35(29)47-37-13-5-1-9-31(37)32-10-2-6-14-38(32)47)28-18-20-36(30(24-28)26-46)48-39-15-7-3-11-33(39)43-40(48)21-22-42-44(43)34-12-4-8-16-41(34)49-42/h3-26H,1-2H3;1-24H. The first-order valence-corrected chi connectivity index (χ1v) is 34.2. The molecule has 8 nitrogen and oxygen atoms in total. The predicted molar refractivity (Wildman–Crippen MR) is 410 cm³/mol. The van der Waals surface area contributed by atoms with Crippen LogP contribution in [0.1, 0.15) is 47.2 Å². The Morgan fingerprint density at radius 1 is 0.270 bits per heavy atom. The molecule has 1 aliphatic carbocycles. The van der Waals surface area contributed by atoms with Crippen molar-refractivity contribution in [2.75, 3.05) is 0 Å². The van der Waals surface area contributed by atoms with Crippen LogP contribution in [0.2, 0.25) is 0 Å². The number of rotatable bonds is 6. The third-order valence-electron chi connectivity index (χ3n) is 20.8. The Morgan fingerprint density at radius 3 is 1.03 bits per heavy atom. The summed E-state index contributed by atoms with van der Waals surface area (Å²) in [5.74, 6) is 0. The molecule has 0 atom stereocenters. The number of thiophene rings is 1. The molecule has 0 amide bonds. The highest BCUT2D eigenvalue weighted by Crippen LogP contribution is 2.54. The van der Waals surface area contributed by atoms with Crippen molar-refractivity contribution < 1.29 is 0 Å². The van der Waals surface area contributed by atoms with Crippen molar-refractivity contribution in [3.63, 3.8) is 0 Å². The first kappa shape index (κ1) is 57.9. The van der Waals surface area contributed by atoms with Crippen molar-refractivity contribution in [1.82, 2.24) is 18.3 Å². The van der Waals surface area contributed by atoms with Crippen molar-refractivity contribution in [2.24, 2.45) is 0 Å². The van der Waals surface area contributed by atoms with Gasteiger partial charge in [0.05, 0.1) is 89.1 Å². The molecule has 464 valence electrons. The molecule has 19 aromatic rings. The molecule has 0 bridgehead atoms. The number of hydrogen-bond acceptors (Lipinski definition) is 5. The summed E-state index contributed by atoms with van der Waals surface area (Å²) in [5.41, 5.74) is 22.8. The Morgan fingerprint density at radius 2 is 0.600 bits per heavy atom. The second-order valence-corrected chi connectivity index (χ2v) is 27.4. The number of nitrogens with zero attached hydrogens (tertiary/aromatic N) is 8. The molecule has 20 rings (SSSR count). The molecule has 0 radical (unpaired) electrons. The normalized spacial score (nSPS) is 12.3. The largest absolute Gasteiger partial charge is 0.308 e. The van der Waals surface area contributed by atoms with Gasteiger partial charge in [-0.1, -0.05) is 196 Å². The fraction of sp³-hybridized carbons (Fsp3) is 0.0330. The van der Waals surface area contributed by atoms with Crippen LogP contribution >= 0.6 is 11.3 Å². The van der Waals surface area contributed by atoms with Crippen LogP contribution in [0.5, 0.6) is 0 Å². The zero-order valence-corrected chi connectivity index (χ0v) is 55.0. The topological polar surface area (TPSA) is 115 Å². The second kappa shape index (κ2) is 22.3.